The molecule has 1 aromatic carbocycles. The molecule has 0 bridgehead atoms. The van der Waals surface area contributed by atoms with E-state index in [1.807, 2.05) is 19.1 Å². The van der Waals surface area contributed by atoms with Crippen molar-refractivity contribution in [1.82, 2.24) is 9.97 Å². The van der Waals surface area contributed by atoms with Gasteiger partial charge in [-0.3, -0.25) is 0 Å². The Balaban J connectivity index is 1.71. The van der Waals surface area contributed by atoms with Crippen molar-refractivity contribution < 1.29 is 9.84 Å². The number of aromatic nitrogens is 2. The molecule has 0 radical (unpaired) electrons. The van der Waals surface area contributed by atoms with Crippen molar-refractivity contribution in [2.24, 2.45) is 5.92 Å². The van der Waals surface area contributed by atoms with E-state index in [-0.39, 0.29) is 5.69 Å². The minimum Gasteiger partial charge on any atom is -0.388 e. The van der Waals surface area contributed by atoms with E-state index in [2.05, 4.69) is 25.9 Å². The Bertz CT molecular complexity index is 688. The molecule has 0 amide bonds. The maximum atomic E-state index is 11.3. The van der Waals surface area contributed by atoms with Gasteiger partial charge in [0.1, 0.15) is 0 Å². The topological polar surface area (TPSA) is 78.1 Å². The Labute approximate surface area is 130 Å². The summed E-state index contributed by atoms with van der Waals surface area (Å²) in [5, 5.41) is 10.4. The number of imidazole rings is 1. The lowest BCUT2D eigenvalue weighted by molar-refractivity contribution is -0.0380. The maximum absolute atomic E-state index is 11.3. The van der Waals surface area contributed by atoms with Crippen molar-refractivity contribution in [2.75, 3.05) is 6.61 Å². The normalized spacial score (nSPS) is 23.2. The molecule has 1 aliphatic carbocycles. The van der Waals surface area contributed by atoms with Crippen molar-refractivity contribution in [2.45, 2.75) is 38.4 Å². The summed E-state index contributed by atoms with van der Waals surface area (Å²) in [6.45, 7) is 2.76. The molecule has 21 heavy (non-hydrogen) atoms. The SMILES string of the molecule is CCOC1CC(CC(O)c2cc3[nH]c(=O)[nH]c3cc2Br)C1. The molecule has 2 aromatic rings. The number of aromatic amines is 2. The highest BCUT2D eigenvalue weighted by Crippen LogP contribution is 2.38. The molecule has 1 unspecified atom stereocenters. The molecule has 0 saturated heterocycles. The van der Waals surface area contributed by atoms with Gasteiger partial charge >= 0.3 is 5.69 Å². The van der Waals surface area contributed by atoms with Crippen LogP contribution in [0.4, 0.5) is 0 Å². The van der Waals surface area contributed by atoms with E-state index < -0.39 is 6.10 Å². The lowest BCUT2D eigenvalue weighted by Crippen LogP contribution is -2.32. The van der Waals surface area contributed by atoms with Crippen molar-refractivity contribution in [1.29, 1.82) is 0 Å². The minimum absolute atomic E-state index is 0.234. The van der Waals surface area contributed by atoms with Crippen LogP contribution >= 0.6 is 15.9 Å². The lowest BCUT2D eigenvalue weighted by Gasteiger charge is -2.36. The number of aliphatic hydroxyl groups excluding tert-OH is 1. The smallest absolute Gasteiger partial charge is 0.323 e. The molecule has 1 fully saturated rings. The van der Waals surface area contributed by atoms with Gasteiger partial charge in [-0.1, -0.05) is 15.9 Å². The third-order valence-electron chi connectivity index (χ3n) is 4.14. The van der Waals surface area contributed by atoms with Gasteiger partial charge in [0.2, 0.25) is 0 Å². The number of fused-ring (bicyclic) bond motifs is 1. The average Bonchev–Trinajstić information content (AvgIpc) is 2.74. The second-order valence-electron chi connectivity index (χ2n) is 5.66. The van der Waals surface area contributed by atoms with Gasteiger partial charge in [-0.15, -0.1) is 0 Å². The summed E-state index contributed by atoms with van der Waals surface area (Å²) < 4.78 is 6.36. The number of halogens is 1. The van der Waals surface area contributed by atoms with E-state index in [9.17, 15) is 9.90 Å². The van der Waals surface area contributed by atoms with Gasteiger partial charge in [-0.05, 0) is 49.8 Å². The number of H-pyrrole nitrogens is 2. The predicted molar refractivity (Wildman–Crippen MR) is 84.3 cm³/mol. The van der Waals surface area contributed by atoms with Crippen molar-refractivity contribution >= 4 is 27.0 Å². The predicted octanol–water partition coefficient (Wildman–Crippen LogP) is 2.86. The number of benzene rings is 1. The summed E-state index contributed by atoms with van der Waals surface area (Å²) >= 11 is 3.47. The van der Waals surface area contributed by atoms with Crippen LogP contribution in [0.1, 0.15) is 37.9 Å². The van der Waals surface area contributed by atoms with E-state index in [0.29, 0.717) is 12.0 Å². The molecule has 3 rings (SSSR count). The molecule has 1 atom stereocenters. The average molecular weight is 355 g/mol. The Hall–Kier alpha value is -1.11. The van der Waals surface area contributed by atoms with Gasteiger partial charge in [0, 0.05) is 11.1 Å². The summed E-state index contributed by atoms with van der Waals surface area (Å²) in [5.41, 5.74) is 2.04. The molecule has 0 spiro atoms. The fraction of sp³-hybridized carbons (Fsp3) is 0.533. The van der Waals surface area contributed by atoms with Crippen LogP contribution in [0.25, 0.3) is 11.0 Å². The lowest BCUT2D eigenvalue weighted by atomic mass is 9.78. The molecule has 1 aromatic heterocycles. The molecule has 0 aliphatic heterocycles. The quantitative estimate of drug-likeness (QED) is 0.772. The number of aliphatic hydroxyl groups is 1. The van der Waals surface area contributed by atoms with Gasteiger partial charge in [-0.2, -0.15) is 0 Å². The van der Waals surface area contributed by atoms with E-state index in [4.69, 9.17) is 4.74 Å². The highest BCUT2D eigenvalue weighted by Gasteiger charge is 2.31. The molecule has 1 saturated carbocycles. The van der Waals surface area contributed by atoms with Crippen LogP contribution in [0.15, 0.2) is 21.4 Å². The monoisotopic (exact) mass is 354 g/mol. The first-order valence-electron chi connectivity index (χ1n) is 7.28. The van der Waals surface area contributed by atoms with Gasteiger partial charge in [0.15, 0.2) is 0 Å². The number of nitrogens with one attached hydrogen (secondary N) is 2. The first kappa shape index (κ1) is 14.8. The van der Waals surface area contributed by atoms with E-state index in [1.165, 1.54) is 0 Å². The fourth-order valence-corrected chi connectivity index (χ4v) is 3.62. The molecule has 6 heteroatoms. The van der Waals surface area contributed by atoms with Crippen molar-refractivity contribution in [3.05, 3.63) is 32.7 Å². The molecule has 3 N–H and O–H groups in total. The van der Waals surface area contributed by atoms with Crippen LogP contribution < -0.4 is 5.69 Å². The summed E-state index contributed by atoms with van der Waals surface area (Å²) in [6, 6.07) is 3.66. The summed E-state index contributed by atoms with van der Waals surface area (Å²) in [6.07, 6.45) is 2.59. The minimum atomic E-state index is -0.533. The maximum Gasteiger partial charge on any atom is 0.323 e. The van der Waals surface area contributed by atoms with Gasteiger partial charge in [0.05, 0.1) is 23.2 Å². The molecular weight excluding hydrogens is 336 g/mol. The molecule has 5 nitrogen and oxygen atoms in total. The van der Waals surface area contributed by atoms with Crippen LogP contribution in [0.3, 0.4) is 0 Å². The number of hydrogen-bond acceptors (Lipinski definition) is 3. The Kier molecular flexibility index (Phi) is 4.19. The third kappa shape index (κ3) is 3.07. The highest BCUT2D eigenvalue weighted by atomic mass is 79.9. The Morgan fingerprint density at radius 1 is 1.38 bits per heavy atom. The highest BCUT2D eigenvalue weighted by molar-refractivity contribution is 9.10. The van der Waals surface area contributed by atoms with E-state index >= 15 is 0 Å². The molecule has 1 aliphatic rings. The summed E-state index contributed by atoms with van der Waals surface area (Å²) in [5.74, 6) is 0.504. The van der Waals surface area contributed by atoms with E-state index in [0.717, 1.165) is 46.9 Å². The first-order chi connectivity index (χ1) is 10.1. The van der Waals surface area contributed by atoms with Crippen LogP contribution in [0, 0.1) is 5.92 Å². The number of ether oxygens (including phenoxy) is 1. The second kappa shape index (κ2) is 5.94. The van der Waals surface area contributed by atoms with Gasteiger partial charge in [0.25, 0.3) is 0 Å². The zero-order valence-electron chi connectivity index (χ0n) is 11.9. The summed E-state index contributed by atoms with van der Waals surface area (Å²) in [4.78, 5) is 16.7. The van der Waals surface area contributed by atoms with Crippen LogP contribution in [0.5, 0.6) is 0 Å². The molecular formula is C15H19BrN2O3. The number of hydrogen-bond donors (Lipinski definition) is 3. The zero-order chi connectivity index (χ0) is 15.0. The Morgan fingerprint density at radius 3 is 2.71 bits per heavy atom. The second-order valence-corrected chi connectivity index (χ2v) is 6.52. The first-order valence-corrected chi connectivity index (χ1v) is 8.07. The van der Waals surface area contributed by atoms with Gasteiger partial charge in [-0.25, -0.2) is 4.79 Å². The van der Waals surface area contributed by atoms with Crippen LogP contribution in [-0.4, -0.2) is 27.8 Å². The van der Waals surface area contributed by atoms with E-state index in [1.54, 1.807) is 0 Å². The van der Waals surface area contributed by atoms with Crippen molar-refractivity contribution in [3.63, 3.8) is 0 Å². The molecule has 114 valence electrons. The third-order valence-corrected chi connectivity index (χ3v) is 4.83. The zero-order valence-corrected chi connectivity index (χ0v) is 13.4. The fourth-order valence-electron chi connectivity index (χ4n) is 3.01. The Morgan fingerprint density at radius 2 is 2.05 bits per heavy atom. The molecule has 1 heterocycles. The largest absolute Gasteiger partial charge is 0.388 e. The van der Waals surface area contributed by atoms with Crippen molar-refractivity contribution in [3.8, 4) is 0 Å². The van der Waals surface area contributed by atoms with Gasteiger partial charge < -0.3 is 19.8 Å². The standard InChI is InChI=1S/C15H19BrN2O3/c1-2-21-9-3-8(4-9)5-14(19)10-6-12-13(7-11(10)16)18-15(20)17-12/h6-9,14,19H,2-5H2,1H3,(H2,17,18,20). The van der Waals surface area contributed by atoms with Crippen LogP contribution in [0.2, 0.25) is 0 Å². The number of rotatable bonds is 5. The van der Waals surface area contributed by atoms with Crippen LogP contribution in [-0.2, 0) is 4.74 Å². The summed E-state index contributed by atoms with van der Waals surface area (Å²) in [7, 11) is 0.